The highest BCUT2D eigenvalue weighted by Gasteiger charge is 2.59. The van der Waals surface area contributed by atoms with Crippen molar-refractivity contribution in [3.8, 4) is 0 Å². The van der Waals surface area contributed by atoms with E-state index in [1.807, 2.05) is 0 Å². The van der Waals surface area contributed by atoms with Crippen LogP contribution in [-0.2, 0) is 9.47 Å². The lowest BCUT2D eigenvalue weighted by atomic mass is 9.57. The second-order valence-electron chi connectivity index (χ2n) is 8.89. The molecule has 7 N–H and O–H groups in total. The van der Waals surface area contributed by atoms with E-state index in [4.69, 9.17) is 9.47 Å². The van der Waals surface area contributed by atoms with Crippen LogP contribution in [0.1, 0.15) is 40.5 Å². The Bertz CT molecular complexity index is 540. The maximum absolute atomic E-state index is 11.2. The molecule has 1 saturated heterocycles. The number of rotatable bonds is 5. The third kappa shape index (κ3) is 4.28. The SMILES string of the molecule is C[C@H](O)/C=C/[C@]1(O)C(C)(C)C[C@H](O[C@@H]2O[C@H](CO)[C@@H](O)[C@H](O)[C@H]2O)C[C@@]1(C)O. The molecule has 0 spiro atoms. The summed E-state index contributed by atoms with van der Waals surface area (Å²) in [6.45, 7) is 5.93. The molecule has 9 heteroatoms. The standard InChI is InChI=1S/C19H34O9/c1-10(21)5-6-19(26)17(2,3)7-11(8-18(19,4)25)27-16-15(24)14(23)13(22)12(9-20)28-16/h5-6,10-16,20-26H,7-9H2,1-4H3/b6-5+/t10-,11-,12+,13+,14-,15+,16+,18+,19-/m0/s1. The summed E-state index contributed by atoms with van der Waals surface area (Å²) in [6, 6.07) is 0. The number of hydrogen-bond donors (Lipinski definition) is 7. The Morgan fingerprint density at radius 1 is 1.07 bits per heavy atom. The monoisotopic (exact) mass is 406 g/mol. The van der Waals surface area contributed by atoms with E-state index in [9.17, 15) is 35.7 Å². The number of aliphatic hydroxyl groups is 7. The van der Waals surface area contributed by atoms with E-state index in [2.05, 4.69) is 0 Å². The zero-order chi connectivity index (χ0) is 21.5. The molecule has 2 rings (SSSR count). The van der Waals surface area contributed by atoms with Gasteiger partial charge in [-0.25, -0.2) is 0 Å². The maximum atomic E-state index is 11.2. The minimum Gasteiger partial charge on any atom is -0.394 e. The summed E-state index contributed by atoms with van der Waals surface area (Å²) in [5.74, 6) is 0. The highest BCUT2D eigenvalue weighted by molar-refractivity contribution is 5.21. The first-order valence-corrected chi connectivity index (χ1v) is 9.54. The predicted octanol–water partition coefficient (Wildman–Crippen LogP) is -1.59. The van der Waals surface area contributed by atoms with Crippen LogP contribution in [-0.4, -0.2) is 96.5 Å². The molecule has 0 aromatic rings. The van der Waals surface area contributed by atoms with Crippen molar-refractivity contribution in [1.82, 2.24) is 0 Å². The van der Waals surface area contributed by atoms with Crippen molar-refractivity contribution in [2.45, 2.75) is 94.7 Å². The topological polar surface area (TPSA) is 160 Å². The predicted molar refractivity (Wildman–Crippen MR) is 98.0 cm³/mol. The first-order valence-electron chi connectivity index (χ1n) is 9.54. The Morgan fingerprint density at radius 2 is 1.68 bits per heavy atom. The second-order valence-corrected chi connectivity index (χ2v) is 8.89. The number of aliphatic hydroxyl groups excluding tert-OH is 5. The average Bonchev–Trinajstić information content (AvgIpc) is 2.57. The van der Waals surface area contributed by atoms with Crippen LogP contribution in [0.2, 0.25) is 0 Å². The van der Waals surface area contributed by atoms with Gasteiger partial charge in [-0.2, -0.15) is 0 Å². The van der Waals surface area contributed by atoms with Gasteiger partial charge in [-0.3, -0.25) is 0 Å². The van der Waals surface area contributed by atoms with Crippen LogP contribution >= 0.6 is 0 Å². The van der Waals surface area contributed by atoms with Gasteiger partial charge in [0.25, 0.3) is 0 Å². The molecule has 9 nitrogen and oxygen atoms in total. The molecular formula is C19H34O9. The highest BCUT2D eigenvalue weighted by atomic mass is 16.7. The van der Waals surface area contributed by atoms with E-state index in [-0.39, 0.29) is 12.8 Å². The molecule has 2 fully saturated rings. The van der Waals surface area contributed by atoms with E-state index in [0.29, 0.717) is 0 Å². The van der Waals surface area contributed by atoms with Crippen LogP contribution in [0.3, 0.4) is 0 Å². The van der Waals surface area contributed by atoms with Crippen molar-refractivity contribution in [3.05, 3.63) is 12.2 Å². The zero-order valence-electron chi connectivity index (χ0n) is 16.8. The van der Waals surface area contributed by atoms with Crippen LogP contribution in [0.5, 0.6) is 0 Å². The minimum atomic E-state index is -1.65. The van der Waals surface area contributed by atoms with Gasteiger partial charge in [0.05, 0.1) is 24.4 Å². The van der Waals surface area contributed by atoms with Gasteiger partial charge in [0.1, 0.15) is 30.0 Å². The third-order valence-electron chi connectivity index (χ3n) is 6.01. The smallest absolute Gasteiger partial charge is 0.186 e. The highest BCUT2D eigenvalue weighted by Crippen LogP contribution is 2.51. The van der Waals surface area contributed by atoms with Crippen LogP contribution < -0.4 is 0 Å². The van der Waals surface area contributed by atoms with Crippen molar-refractivity contribution in [2.24, 2.45) is 5.41 Å². The van der Waals surface area contributed by atoms with Crippen molar-refractivity contribution in [2.75, 3.05) is 6.61 Å². The van der Waals surface area contributed by atoms with Gasteiger partial charge < -0.3 is 45.2 Å². The van der Waals surface area contributed by atoms with E-state index in [1.54, 1.807) is 13.8 Å². The number of ether oxygens (including phenoxy) is 2. The summed E-state index contributed by atoms with van der Waals surface area (Å²) in [7, 11) is 0. The van der Waals surface area contributed by atoms with Gasteiger partial charge in [-0.05, 0) is 20.3 Å². The van der Waals surface area contributed by atoms with Gasteiger partial charge in [-0.1, -0.05) is 26.0 Å². The molecule has 1 aliphatic heterocycles. The van der Waals surface area contributed by atoms with E-state index in [1.165, 1.54) is 26.0 Å². The molecule has 0 radical (unpaired) electrons. The lowest BCUT2D eigenvalue weighted by Gasteiger charge is -2.56. The van der Waals surface area contributed by atoms with Crippen LogP contribution in [0.25, 0.3) is 0 Å². The Kier molecular flexibility index (Phi) is 6.97. The van der Waals surface area contributed by atoms with E-state index < -0.39 is 66.1 Å². The van der Waals surface area contributed by atoms with E-state index >= 15 is 0 Å². The molecule has 9 atom stereocenters. The van der Waals surface area contributed by atoms with Crippen molar-refractivity contribution < 1.29 is 45.2 Å². The first kappa shape index (κ1) is 23.7. The summed E-state index contributed by atoms with van der Waals surface area (Å²) in [6.07, 6.45) is -5.34. The Morgan fingerprint density at radius 3 is 2.18 bits per heavy atom. The molecule has 0 amide bonds. The van der Waals surface area contributed by atoms with Gasteiger partial charge in [0.2, 0.25) is 0 Å². The van der Waals surface area contributed by atoms with Crippen LogP contribution in [0.4, 0.5) is 0 Å². The van der Waals surface area contributed by atoms with Gasteiger partial charge in [0.15, 0.2) is 6.29 Å². The summed E-state index contributed by atoms with van der Waals surface area (Å²) in [4.78, 5) is 0. The fourth-order valence-corrected chi connectivity index (χ4v) is 4.27. The lowest BCUT2D eigenvalue weighted by molar-refractivity contribution is -0.326. The van der Waals surface area contributed by atoms with Crippen LogP contribution in [0.15, 0.2) is 12.2 Å². The quantitative estimate of drug-likeness (QED) is 0.267. The fourth-order valence-electron chi connectivity index (χ4n) is 4.27. The van der Waals surface area contributed by atoms with Crippen LogP contribution in [0, 0.1) is 5.41 Å². The Balaban J connectivity index is 2.20. The lowest BCUT2D eigenvalue weighted by Crippen LogP contribution is -2.66. The third-order valence-corrected chi connectivity index (χ3v) is 6.01. The number of hydrogen-bond acceptors (Lipinski definition) is 9. The first-order chi connectivity index (χ1) is 12.8. The summed E-state index contributed by atoms with van der Waals surface area (Å²) >= 11 is 0. The zero-order valence-corrected chi connectivity index (χ0v) is 16.8. The molecule has 0 unspecified atom stereocenters. The molecule has 2 aliphatic rings. The average molecular weight is 406 g/mol. The fraction of sp³-hybridized carbons (Fsp3) is 0.895. The Labute approximate surface area is 164 Å². The summed E-state index contributed by atoms with van der Waals surface area (Å²) < 4.78 is 11.2. The minimum absolute atomic E-state index is 0.00784. The maximum Gasteiger partial charge on any atom is 0.186 e. The largest absolute Gasteiger partial charge is 0.394 e. The van der Waals surface area contributed by atoms with Crippen molar-refractivity contribution in [3.63, 3.8) is 0 Å². The van der Waals surface area contributed by atoms with Gasteiger partial charge in [-0.15, -0.1) is 0 Å². The second kappa shape index (κ2) is 8.25. The van der Waals surface area contributed by atoms with Crippen molar-refractivity contribution in [1.29, 1.82) is 0 Å². The Hall–Kier alpha value is -0.620. The molecule has 164 valence electrons. The molecule has 28 heavy (non-hydrogen) atoms. The normalized spacial score (nSPS) is 48.0. The summed E-state index contributed by atoms with van der Waals surface area (Å²) in [5, 5.41) is 71.0. The molecule has 0 bridgehead atoms. The summed E-state index contributed by atoms with van der Waals surface area (Å²) in [5.41, 5.74) is -4.15. The molecule has 1 aliphatic carbocycles. The molecule has 0 aromatic carbocycles. The van der Waals surface area contributed by atoms with Crippen molar-refractivity contribution >= 4 is 0 Å². The molecule has 1 saturated carbocycles. The van der Waals surface area contributed by atoms with Gasteiger partial charge in [0, 0.05) is 11.8 Å². The van der Waals surface area contributed by atoms with Gasteiger partial charge >= 0.3 is 0 Å². The molecule has 0 aromatic heterocycles. The van der Waals surface area contributed by atoms with E-state index in [0.717, 1.165) is 0 Å². The molecular weight excluding hydrogens is 372 g/mol. The molecule has 1 heterocycles.